The largest absolute Gasteiger partial charge is 0.385 e. The van der Waals surface area contributed by atoms with Crippen LogP contribution in [0, 0.1) is 5.41 Å². The van der Waals surface area contributed by atoms with Crippen LogP contribution in [0.15, 0.2) is 0 Å². The van der Waals surface area contributed by atoms with Crippen molar-refractivity contribution in [3.05, 3.63) is 0 Å². The number of unbranched alkanes of at least 4 members (excludes halogenated alkanes) is 1. The van der Waals surface area contributed by atoms with Gasteiger partial charge in [-0.15, -0.1) is 0 Å². The Hall–Kier alpha value is -0.700. The first-order valence-electron chi connectivity index (χ1n) is 7.07. The van der Waals surface area contributed by atoms with Crippen molar-refractivity contribution in [1.82, 2.24) is 0 Å². The van der Waals surface area contributed by atoms with Crippen LogP contribution in [0.3, 0.4) is 0 Å². The Balaban J connectivity index is 3.94. The number of ketones is 2. The SMILES string of the molecule is CCCCC(=O)CCCC(=O)C(O)C(C)(C)CC. The van der Waals surface area contributed by atoms with Gasteiger partial charge < -0.3 is 5.11 Å². The van der Waals surface area contributed by atoms with Crippen molar-refractivity contribution >= 4 is 11.6 Å². The maximum absolute atomic E-state index is 11.8. The van der Waals surface area contributed by atoms with Gasteiger partial charge in [0, 0.05) is 19.3 Å². The molecule has 0 saturated heterocycles. The molecule has 1 atom stereocenters. The second-order valence-corrected chi connectivity index (χ2v) is 5.71. The first-order chi connectivity index (χ1) is 8.35. The second kappa shape index (κ2) is 8.41. The molecule has 0 radical (unpaired) electrons. The van der Waals surface area contributed by atoms with E-state index < -0.39 is 6.10 Å². The van der Waals surface area contributed by atoms with Crippen molar-refractivity contribution in [1.29, 1.82) is 0 Å². The van der Waals surface area contributed by atoms with Crippen LogP contribution in [0.2, 0.25) is 0 Å². The number of carbonyl (C=O) groups excluding carboxylic acids is 2. The van der Waals surface area contributed by atoms with E-state index in [-0.39, 0.29) is 17.0 Å². The molecular weight excluding hydrogens is 228 g/mol. The normalized spacial score (nSPS) is 13.4. The summed E-state index contributed by atoms with van der Waals surface area (Å²) < 4.78 is 0. The monoisotopic (exact) mass is 256 g/mol. The number of carbonyl (C=O) groups is 2. The van der Waals surface area contributed by atoms with Crippen molar-refractivity contribution in [2.75, 3.05) is 0 Å². The second-order valence-electron chi connectivity index (χ2n) is 5.71. The van der Waals surface area contributed by atoms with Crippen LogP contribution in [-0.2, 0) is 9.59 Å². The molecule has 1 N–H and O–H groups in total. The Bertz CT molecular complexity index is 269. The molecule has 0 aliphatic carbocycles. The summed E-state index contributed by atoms with van der Waals surface area (Å²) in [7, 11) is 0. The summed E-state index contributed by atoms with van der Waals surface area (Å²) in [5, 5.41) is 9.92. The van der Waals surface area contributed by atoms with E-state index in [1.54, 1.807) is 0 Å². The summed E-state index contributed by atoms with van der Waals surface area (Å²) in [4.78, 5) is 23.2. The lowest BCUT2D eigenvalue weighted by atomic mass is 9.81. The summed E-state index contributed by atoms with van der Waals surface area (Å²) in [6, 6.07) is 0. The zero-order valence-electron chi connectivity index (χ0n) is 12.3. The van der Waals surface area contributed by atoms with Gasteiger partial charge >= 0.3 is 0 Å². The highest BCUT2D eigenvalue weighted by Gasteiger charge is 2.31. The van der Waals surface area contributed by atoms with Crippen LogP contribution in [0.25, 0.3) is 0 Å². The molecule has 0 aromatic rings. The number of rotatable bonds is 10. The van der Waals surface area contributed by atoms with Crippen molar-refractivity contribution in [3.8, 4) is 0 Å². The first-order valence-corrected chi connectivity index (χ1v) is 7.07. The maximum atomic E-state index is 11.8. The first kappa shape index (κ1) is 17.3. The summed E-state index contributed by atoms with van der Waals surface area (Å²) in [6.45, 7) is 7.80. The standard InChI is InChI=1S/C15H28O3/c1-5-7-9-12(16)10-8-11-13(17)14(18)15(3,4)6-2/h14,18H,5-11H2,1-4H3. The van der Waals surface area contributed by atoms with Gasteiger partial charge in [-0.05, 0) is 24.7 Å². The molecule has 3 heteroatoms. The fraction of sp³-hybridized carbons (Fsp3) is 0.867. The van der Waals surface area contributed by atoms with E-state index in [9.17, 15) is 14.7 Å². The van der Waals surface area contributed by atoms with Crippen LogP contribution in [0.4, 0.5) is 0 Å². The molecule has 0 amide bonds. The van der Waals surface area contributed by atoms with E-state index in [2.05, 4.69) is 6.92 Å². The van der Waals surface area contributed by atoms with Crippen LogP contribution in [-0.4, -0.2) is 22.8 Å². The minimum atomic E-state index is -0.909. The van der Waals surface area contributed by atoms with Crippen LogP contribution in [0.1, 0.15) is 72.6 Å². The lowest BCUT2D eigenvalue weighted by Crippen LogP contribution is -2.36. The number of Topliss-reactive ketones (excluding diaryl/α,β-unsaturated/α-hetero) is 2. The summed E-state index contributed by atoms with van der Waals surface area (Å²) in [5.74, 6) is 0.0963. The molecule has 1 unspecified atom stereocenters. The van der Waals surface area contributed by atoms with Crippen molar-refractivity contribution in [3.63, 3.8) is 0 Å². The van der Waals surface area contributed by atoms with Crippen molar-refractivity contribution in [2.24, 2.45) is 5.41 Å². The van der Waals surface area contributed by atoms with Gasteiger partial charge in [-0.2, -0.15) is 0 Å². The van der Waals surface area contributed by atoms with E-state index in [0.29, 0.717) is 25.7 Å². The number of aliphatic hydroxyl groups excluding tert-OH is 1. The molecule has 0 saturated carbocycles. The van der Waals surface area contributed by atoms with Gasteiger partial charge in [-0.25, -0.2) is 0 Å². The van der Waals surface area contributed by atoms with E-state index in [0.717, 1.165) is 19.3 Å². The molecule has 0 fully saturated rings. The third-order valence-electron chi connectivity index (χ3n) is 3.64. The Morgan fingerprint density at radius 3 is 2.11 bits per heavy atom. The third-order valence-corrected chi connectivity index (χ3v) is 3.64. The maximum Gasteiger partial charge on any atom is 0.161 e. The minimum Gasteiger partial charge on any atom is -0.385 e. The van der Waals surface area contributed by atoms with Crippen molar-refractivity contribution in [2.45, 2.75) is 78.7 Å². The third kappa shape index (κ3) is 6.29. The highest BCUT2D eigenvalue weighted by atomic mass is 16.3. The number of hydrogen-bond acceptors (Lipinski definition) is 3. The van der Waals surface area contributed by atoms with E-state index in [1.165, 1.54) is 0 Å². The smallest absolute Gasteiger partial charge is 0.161 e. The predicted octanol–water partition coefficient (Wildman–Crippen LogP) is 3.28. The molecule has 0 aliphatic rings. The Labute approximate surface area is 111 Å². The average Bonchev–Trinajstić information content (AvgIpc) is 2.35. The summed E-state index contributed by atoms with van der Waals surface area (Å²) in [5.41, 5.74) is -0.372. The molecule has 0 rings (SSSR count). The zero-order chi connectivity index (χ0) is 14.2. The van der Waals surface area contributed by atoms with Gasteiger partial charge in [0.1, 0.15) is 11.9 Å². The molecule has 18 heavy (non-hydrogen) atoms. The number of hydrogen-bond donors (Lipinski definition) is 1. The van der Waals surface area contributed by atoms with E-state index in [1.807, 2.05) is 20.8 Å². The highest BCUT2D eigenvalue weighted by Crippen LogP contribution is 2.26. The van der Waals surface area contributed by atoms with Gasteiger partial charge in [0.15, 0.2) is 5.78 Å². The quantitative estimate of drug-likeness (QED) is 0.652. The lowest BCUT2D eigenvalue weighted by Gasteiger charge is -2.28. The topological polar surface area (TPSA) is 54.4 Å². The molecule has 0 spiro atoms. The Morgan fingerprint density at radius 1 is 1.06 bits per heavy atom. The van der Waals surface area contributed by atoms with Crippen LogP contribution < -0.4 is 0 Å². The number of aliphatic hydroxyl groups is 1. The van der Waals surface area contributed by atoms with Crippen LogP contribution >= 0.6 is 0 Å². The molecule has 0 bridgehead atoms. The molecule has 0 heterocycles. The Kier molecular flexibility index (Phi) is 8.08. The predicted molar refractivity (Wildman–Crippen MR) is 73.5 cm³/mol. The van der Waals surface area contributed by atoms with E-state index in [4.69, 9.17) is 0 Å². The molecule has 0 aromatic carbocycles. The van der Waals surface area contributed by atoms with Gasteiger partial charge in [-0.3, -0.25) is 9.59 Å². The molecule has 0 aliphatic heterocycles. The summed E-state index contributed by atoms with van der Waals surface area (Å²) in [6.07, 6.45) is 3.76. The molecule has 0 aromatic heterocycles. The lowest BCUT2D eigenvalue weighted by molar-refractivity contribution is -0.133. The fourth-order valence-corrected chi connectivity index (χ4v) is 1.72. The zero-order valence-corrected chi connectivity index (χ0v) is 12.3. The fourth-order valence-electron chi connectivity index (χ4n) is 1.72. The van der Waals surface area contributed by atoms with Crippen LogP contribution in [0.5, 0.6) is 0 Å². The van der Waals surface area contributed by atoms with Gasteiger partial charge in [0.2, 0.25) is 0 Å². The van der Waals surface area contributed by atoms with Gasteiger partial charge in [0.05, 0.1) is 0 Å². The van der Waals surface area contributed by atoms with Crippen molar-refractivity contribution < 1.29 is 14.7 Å². The molecule has 106 valence electrons. The highest BCUT2D eigenvalue weighted by molar-refractivity contribution is 5.84. The summed E-state index contributed by atoms with van der Waals surface area (Å²) >= 11 is 0. The van der Waals surface area contributed by atoms with Gasteiger partial charge in [0.25, 0.3) is 0 Å². The van der Waals surface area contributed by atoms with Gasteiger partial charge in [-0.1, -0.05) is 34.1 Å². The molecular formula is C15H28O3. The average molecular weight is 256 g/mol. The molecule has 3 nitrogen and oxygen atoms in total. The Morgan fingerprint density at radius 2 is 1.61 bits per heavy atom. The van der Waals surface area contributed by atoms with E-state index >= 15 is 0 Å². The minimum absolute atomic E-state index is 0.134.